The molecule has 1 amide bonds. The summed E-state index contributed by atoms with van der Waals surface area (Å²) in [5.41, 5.74) is -0.993. The zero-order valence-corrected chi connectivity index (χ0v) is 44.3. The first-order valence-electron chi connectivity index (χ1n) is 25.2. The molecule has 4 fully saturated rings. The number of sulfonamides is 1. The fraction of sp³-hybridized carbons (Fsp3) is 0.491. The number of alkyl halides is 3. The molecule has 0 bridgehead atoms. The molecule has 4 aromatic rings. The summed E-state index contributed by atoms with van der Waals surface area (Å²) in [5, 5.41) is 7.23. The van der Waals surface area contributed by atoms with Gasteiger partial charge in [-0.25, -0.2) is 21.6 Å². The van der Waals surface area contributed by atoms with Crippen molar-refractivity contribution >= 4 is 66.1 Å². The molecule has 4 saturated heterocycles. The lowest BCUT2D eigenvalue weighted by molar-refractivity contribution is -0.0435. The number of likely N-dealkylation sites (tertiary alicyclic amines) is 1. The molecule has 9 rings (SSSR count). The molecule has 0 aromatic heterocycles. The van der Waals surface area contributed by atoms with E-state index in [9.17, 15) is 34.8 Å². The van der Waals surface area contributed by atoms with Crippen LogP contribution in [0.25, 0.3) is 5.57 Å². The van der Waals surface area contributed by atoms with Crippen LogP contribution in [0.15, 0.2) is 117 Å². The number of amides is 1. The van der Waals surface area contributed by atoms with Gasteiger partial charge in [0.15, 0.2) is 0 Å². The highest BCUT2D eigenvalue weighted by atomic mass is 35.5. The number of hydrogen-bond acceptors (Lipinski definition) is 13. The maximum absolute atomic E-state index is 14.3. The minimum Gasteiger partial charge on any atom is -0.381 e. The lowest BCUT2D eigenvalue weighted by atomic mass is 9.71. The fourth-order valence-electron chi connectivity index (χ4n) is 11.1. The number of carbonyl (C=O) groups is 1. The standard InChI is InChI=1S/C53H65ClF3N7O6S3/c1-52(37-62-23-20-58-21-24-62)19-17-48(38-7-11-43(54)12-8-38)40(30-52)31-61-25-27-64(28-26-61)45-13-9-39(10-14-45)51(65)60-73(68,69)47-15-16-49(50(29-47)72(66,67)53(55,56)57)59-44(36-71-46-5-3-2-4-6-46)18-22-63-32-41-34-70-35-42(41)33-63/h2-16,29,41-42,44,58-59H,17-28,30-37H2,1H3,(H,60,65)/t41-,42+,44?,52-/m1/s1. The second-order valence-electron chi connectivity index (χ2n) is 20.5. The van der Waals surface area contributed by atoms with E-state index in [2.05, 4.69) is 49.3 Å². The van der Waals surface area contributed by atoms with Crippen molar-refractivity contribution in [2.45, 2.75) is 58.8 Å². The SMILES string of the molecule is C[C@@]1(CN2CCNCC2)CCC(c2ccc(Cl)cc2)=C(CN2CCN(c3ccc(C(=O)NS(=O)(=O)c4ccc(NC(CCN5C[C@H]6COC[C@H]6C5)CSc5ccccc5)c(S(=O)(=O)C(F)(F)F)c4)cc3)CC2)C1. The first-order chi connectivity index (χ1) is 34.9. The second-order valence-corrected chi connectivity index (χ2v) is 25.6. The Morgan fingerprint density at radius 2 is 1.55 bits per heavy atom. The lowest BCUT2D eigenvalue weighted by Crippen LogP contribution is -2.49. The Bertz CT molecular complexity index is 2800. The Morgan fingerprint density at radius 3 is 2.22 bits per heavy atom. The van der Waals surface area contributed by atoms with Gasteiger partial charge < -0.3 is 30.1 Å². The van der Waals surface area contributed by atoms with Gasteiger partial charge in [0.05, 0.1) is 23.8 Å². The third-order valence-electron chi connectivity index (χ3n) is 15.1. The van der Waals surface area contributed by atoms with Gasteiger partial charge in [0.2, 0.25) is 0 Å². The number of fused-ring (bicyclic) bond motifs is 1. The molecule has 394 valence electrons. The van der Waals surface area contributed by atoms with E-state index in [1.54, 1.807) is 12.1 Å². The Morgan fingerprint density at radius 1 is 0.863 bits per heavy atom. The van der Waals surface area contributed by atoms with Crippen molar-refractivity contribution in [1.82, 2.24) is 24.7 Å². The highest BCUT2D eigenvalue weighted by molar-refractivity contribution is 7.99. The predicted molar refractivity (Wildman–Crippen MR) is 283 cm³/mol. The van der Waals surface area contributed by atoms with Crippen LogP contribution >= 0.6 is 23.4 Å². The summed E-state index contributed by atoms with van der Waals surface area (Å²) in [6.07, 6.45) is 3.63. The third kappa shape index (κ3) is 13.3. The molecule has 4 aliphatic heterocycles. The molecule has 1 unspecified atom stereocenters. The van der Waals surface area contributed by atoms with Crippen LogP contribution in [0.4, 0.5) is 24.5 Å². The van der Waals surface area contributed by atoms with Crippen molar-refractivity contribution in [2.75, 3.05) is 114 Å². The third-order valence-corrected chi connectivity index (χ3v) is 19.4. The molecule has 4 aromatic carbocycles. The number of sulfone groups is 1. The van der Waals surface area contributed by atoms with Crippen LogP contribution in [0.5, 0.6) is 0 Å². The number of ether oxygens (including phenoxy) is 1. The van der Waals surface area contributed by atoms with Crippen molar-refractivity contribution in [3.05, 3.63) is 119 Å². The van der Waals surface area contributed by atoms with Crippen LogP contribution in [0.2, 0.25) is 5.02 Å². The van der Waals surface area contributed by atoms with Gasteiger partial charge in [-0.05, 0) is 109 Å². The molecule has 73 heavy (non-hydrogen) atoms. The molecule has 4 atom stereocenters. The number of halogens is 4. The van der Waals surface area contributed by atoms with E-state index >= 15 is 0 Å². The molecule has 13 nitrogen and oxygen atoms in total. The van der Waals surface area contributed by atoms with Gasteiger partial charge in [-0.2, -0.15) is 13.2 Å². The van der Waals surface area contributed by atoms with E-state index in [4.69, 9.17) is 16.3 Å². The maximum Gasteiger partial charge on any atom is 0.501 e. The van der Waals surface area contributed by atoms with Gasteiger partial charge in [0, 0.05) is 130 Å². The van der Waals surface area contributed by atoms with Crippen LogP contribution in [0.1, 0.15) is 48.5 Å². The summed E-state index contributed by atoms with van der Waals surface area (Å²) < 4.78 is 104. The highest BCUT2D eigenvalue weighted by Gasteiger charge is 2.49. The number of nitrogens with one attached hydrogen (secondary N) is 3. The number of rotatable bonds is 18. The Balaban J connectivity index is 0.849. The minimum atomic E-state index is -6.06. The van der Waals surface area contributed by atoms with Crippen molar-refractivity contribution < 1.29 is 39.5 Å². The van der Waals surface area contributed by atoms with Crippen LogP contribution in [-0.4, -0.2) is 153 Å². The normalized spacial score (nSPS) is 23.1. The number of piperazine rings is 2. The smallest absolute Gasteiger partial charge is 0.381 e. The molecule has 20 heteroatoms. The van der Waals surface area contributed by atoms with Gasteiger partial charge >= 0.3 is 5.51 Å². The minimum absolute atomic E-state index is 0.00290. The van der Waals surface area contributed by atoms with Crippen molar-refractivity contribution in [2.24, 2.45) is 17.3 Å². The topological polar surface area (TPSA) is 144 Å². The van der Waals surface area contributed by atoms with Crippen molar-refractivity contribution in [3.63, 3.8) is 0 Å². The van der Waals surface area contributed by atoms with Crippen LogP contribution in [-0.2, 0) is 24.6 Å². The van der Waals surface area contributed by atoms with Crippen molar-refractivity contribution in [1.29, 1.82) is 0 Å². The number of benzene rings is 4. The van der Waals surface area contributed by atoms with Crippen LogP contribution < -0.4 is 20.3 Å². The summed E-state index contributed by atoms with van der Waals surface area (Å²) in [6, 6.07) is 26.1. The van der Waals surface area contributed by atoms with Gasteiger partial charge in [-0.15, -0.1) is 11.8 Å². The zero-order chi connectivity index (χ0) is 51.4. The Kier molecular flexibility index (Phi) is 16.9. The van der Waals surface area contributed by atoms with Gasteiger partial charge in [0.25, 0.3) is 25.8 Å². The van der Waals surface area contributed by atoms with E-state index in [1.807, 2.05) is 47.2 Å². The number of anilines is 2. The summed E-state index contributed by atoms with van der Waals surface area (Å²) in [6.45, 7) is 15.3. The first-order valence-corrected chi connectivity index (χ1v) is 29.5. The molecule has 0 spiro atoms. The quantitative estimate of drug-likeness (QED) is 0.0831. The van der Waals surface area contributed by atoms with E-state index in [-0.39, 0.29) is 16.7 Å². The first kappa shape index (κ1) is 53.6. The molecule has 5 aliphatic rings. The van der Waals surface area contributed by atoms with E-state index < -0.39 is 47.1 Å². The van der Waals surface area contributed by atoms with E-state index in [0.717, 1.165) is 126 Å². The Labute approximate surface area is 437 Å². The highest BCUT2D eigenvalue weighted by Crippen LogP contribution is 2.44. The number of allylic oxidation sites excluding steroid dienone is 1. The van der Waals surface area contributed by atoms with Crippen LogP contribution in [0, 0.1) is 17.3 Å². The predicted octanol–water partition coefficient (Wildman–Crippen LogP) is 7.96. The number of hydrogen-bond donors (Lipinski definition) is 3. The monoisotopic (exact) mass is 1080 g/mol. The average molecular weight is 1080 g/mol. The largest absolute Gasteiger partial charge is 0.501 e. The summed E-state index contributed by atoms with van der Waals surface area (Å²) in [5.74, 6) is 0.210. The van der Waals surface area contributed by atoms with Gasteiger partial charge in [-0.3, -0.25) is 9.69 Å². The number of nitrogens with zero attached hydrogens (tertiary/aromatic N) is 4. The summed E-state index contributed by atoms with van der Waals surface area (Å²) in [7, 11) is -10.9. The average Bonchev–Trinajstić information content (AvgIpc) is 3.99. The zero-order valence-electron chi connectivity index (χ0n) is 41.1. The molecule has 4 heterocycles. The summed E-state index contributed by atoms with van der Waals surface area (Å²) in [4.78, 5) is 22.0. The van der Waals surface area contributed by atoms with Crippen LogP contribution in [0.3, 0.4) is 0 Å². The molecule has 0 saturated carbocycles. The molecular formula is C53H65ClF3N7O6S3. The second kappa shape index (κ2) is 23.0. The Hall–Kier alpha value is -4.18. The molecule has 1 aliphatic carbocycles. The molecular weight excluding hydrogens is 1020 g/mol. The fourth-order valence-corrected chi connectivity index (χ4v) is 14.2. The lowest BCUT2D eigenvalue weighted by Gasteiger charge is -2.43. The molecule has 3 N–H and O–H groups in total. The number of thioether (sulfide) groups is 1. The van der Waals surface area contributed by atoms with Gasteiger partial charge in [0.1, 0.15) is 4.90 Å². The van der Waals surface area contributed by atoms with Crippen molar-refractivity contribution in [3.8, 4) is 0 Å². The summed E-state index contributed by atoms with van der Waals surface area (Å²) >= 11 is 7.76. The van der Waals surface area contributed by atoms with E-state index in [0.29, 0.717) is 49.8 Å². The maximum atomic E-state index is 14.3. The number of carbonyl (C=O) groups excluding carboxylic acids is 1. The van der Waals surface area contributed by atoms with Gasteiger partial charge in [-0.1, -0.05) is 54.4 Å². The van der Waals surface area contributed by atoms with E-state index in [1.165, 1.54) is 40.6 Å². The molecule has 0 radical (unpaired) electrons.